The van der Waals surface area contributed by atoms with Crippen molar-refractivity contribution in [1.82, 2.24) is 25.2 Å². The maximum Gasteiger partial charge on any atom is 0.321 e. The third-order valence-corrected chi connectivity index (χ3v) is 3.46. The number of nitrogens with one attached hydrogen (secondary N) is 1. The minimum atomic E-state index is -0.277. The lowest BCUT2D eigenvalue weighted by atomic mass is 10.2. The highest BCUT2D eigenvalue weighted by Gasteiger charge is 2.13. The van der Waals surface area contributed by atoms with Crippen molar-refractivity contribution in [2.45, 2.75) is 26.8 Å². The third kappa shape index (κ3) is 4.00. The summed E-state index contributed by atoms with van der Waals surface area (Å²) in [7, 11) is 1.65. The highest BCUT2D eigenvalue weighted by molar-refractivity contribution is 5.89. The van der Waals surface area contributed by atoms with Crippen molar-refractivity contribution in [3.8, 4) is 11.5 Å². The van der Waals surface area contributed by atoms with Crippen LogP contribution in [-0.4, -0.2) is 38.3 Å². The van der Waals surface area contributed by atoms with Gasteiger partial charge in [0, 0.05) is 31.6 Å². The Labute approximate surface area is 144 Å². The molecule has 0 saturated carbocycles. The molecule has 0 saturated heterocycles. The molecule has 0 bridgehead atoms. The first-order valence-corrected chi connectivity index (χ1v) is 7.79. The molecular formula is C16H18N6O3. The van der Waals surface area contributed by atoms with Crippen LogP contribution < -0.4 is 5.32 Å². The Balaban J connectivity index is 1.61. The molecule has 9 heteroatoms. The largest absolute Gasteiger partial charge is 0.340 e. The van der Waals surface area contributed by atoms with Crippen LogP contribution in [0.3, 0.4) is 0 Å². The smallest absolute Gasteiger partial charge is 0.321 e. The number of nitrogens with zero attached hydrogens (tertiary/aromatic N) is 5. The van der Waals surface area contributed by atoms with Gasteiger partial charge < -0.3 is 19.3 Å². The van der Waals surface area contributed by atoms with Crippen molar-refractivity contribution in [3.05, 3.63) is 41.8 Å². The van der Waals surface area contributed by atoms with E-state index in [1.54, 1.807) is 26.1 Å². The first-order valence-electron chi connectivity index (χ1n) is 7.79. The van der Waals surface area contributed by atoms with Gasteiger partial charge in [0.25, 0.3) is 5.89 Å². The number of anilines is 1. The Kier molecular flexibility index (Phi) is 4.73. The van der Waals surface area contributed by atoms with Gasteiger partial charge in [-0.3, -0.25) is 0 Å². The SMILES string of the molecule is CCc1noc(-c2ccc(NC(=O)N(C)Cc3noc(C)n3)cc2)n1. The fourth-order valence-electron chi connectivity index (χ4n) is 2.12. The summed E-state index contributed by atoms with van der Waals surface area (Å²) in [5.41, 5.74) is 1.45. The monoisotopic (exact) mass is 342 g/mol. The predicted octanol–water partition coefficient (Wildman–Crippen LogP) is 2.65. The van der Waals surface area contributed by atoms with Crippen LogP contribution in [0.15, 0.2) is 33.3 Å². The normalized spacial score (nSPS) is 10.7. The fourth-order valence-corrected chi connectivity index (χ4v) is 2.12. The van der Waals surface area contributed by atoms with Gasteiger partial charge in [0.05, 0.1) is 6.54 Å². The van der Waals surface area contributed by atoms with E-state index < -0.39 is 0 Å². The zero-order chi connectivity index (χ0) is 17.8. The second-order valence-electron chi connectivity index (χ2n) is 5.46. The molecule has 0 radical (unpaired) electrons. The van der Waals surface area contributed by atoms with E-state index in [0.717, 1.165) is 5.56 Å². The van der Waals surface area contributed by atoms with E-state index in [4.69, 9.17) is 9.05 Å². The van der Waals surface area contributed by atoms with Gasteiger partial charge in [-0.15, -0.1) is 0 Å². The molecule has 0 aliphatic rings. The minimum absolute atomic E-state index is 0.253. The number of urea groups is 1. The summed E-state index contributed by atoms with van der Waals surface area (Å²) in [5.74, 6) is 2.03. The molecule has 3 aromatic rings. The lowest BCUT2D eigenvalue weighted by molar-refractivity contribution is 0.219. The Morgan fingerprint density at radius 3 is 2.44 bits per heavy atom. The van der Waals surface area contributed by atoms with Crippen molar-refractivity contribution >= 4 is 11.7 Å². The number of carbonyl (C=O) groups excluding carboxylic acids is 1. The highest BCUT2D eigenvalue weighted by atomic mass is 16.5. The molecule has 2 aromatic heterocycles. The van der Waals surface area contributed by atoms with E-state index in [1.165, 1.54) is 4.90 Å². The lowest BCUT2D eigenvalue weighted by Gasteiger charge is -2.16. The molecule has 1 N–H and O–H groups in total. The number of amides is 2. The maximum absolute atomic E-state index is 12.2. The van der Waals surface area contributed by atoms with Gasteiger partial charge in [0.15, 0.2) is 11.6 Å². The molecule has 3 rings (SSSR count). The summed E-state index contributed by atoms with van der Waals surface area (Å²) >= 11 is 0. The standard InChI is InChI=1S/C16H18N6O3/c1-4-13-19-15(25-20-13)11-5-7-12(8-6-11)18-16(23)22(3)9-14-17-10(2)24-21-14/h5-8H,4,9H2,1-3H3,(H,18,23). The molecule has 0 atom stereocenters. The summed E-state index contributed by atoms with van der Waals surface area (Å²) in [4.78, 5) is 22.0. The fraction of sp³-hybridized carbons (Fsp3) is 0.312. The summed E-state index contributed by atoms with van der Waals surface area (Å²) < 4.78 is 10.1. The van der Waals surface area contributed by atoms with E-state index >= 15 is 0 Å². The zero-order valence-corrected chi connectivity index (χ0v) is 14.2. The number of aromatic nitrogens is 4. The summed E-state index contributed by atoms with van der Waals surface area (Å²) in [6.07, 6.45) is 0.712. The van der Waals surface area contributed by atoms with Gasteiger partial charge in [-0.1, -0.05) is 17.2 Å². The van der Waals surface area contributed by atoms with E-state index in [-0.39, 0.29) is 12.6 Å². The van der Waals surface area contributed by atoms with E-state index in [1.807, 2.05) is 19.1 Å². The molecule has 1 aromatic carbocycles. The number of rotatable bonds is 5. The molecule has 25 heavy (non-hydrogen) atoms. The van der Waals surface area contributed by atoms with Crippen molar-refractivity contribution < 1.29 is 13.8 Å². The summed E-state index contributed by atoms with van der Waals surface area (Å²) in [5, 5.41) is 10.4. The highest BCUT2D eigenvalue weighted by Crippen LogP contribution is 2.20. The van der Waals surface area contributed by atoms with E-state index in [9.17, 15) is 4.79 Å². The number of aryl methyl sites for hydroxylation is 2. The van der Waals surface area contributed by atoms with E-state index in [0.29, 0.717) is 35.5 Å². The Morgan fingerprint density at radius 2 is 1.84 bits per heavy atom. The van der Waals surface area contributed by atoms with Crippen LogP contribution in [0.4, 0.5) is 10.5 Å². The van der Waals surface area contributed by atoms with Crippen molar-refractivity contribution in [2.24, 2.45) is 0 Å². The van der Waals surface area contributed by atoms with Crippen LogP contribution in [0.1, 0.15) is 24.5 Å². The van der Waals surface area contributed by atoms with Crippen molar-refractivity contribution in [2.75, 3.05) is 12.4 Å². The summed E-state index contributed by atoms with van der Waals surface area (Å²) in [6.45, 7) is 3.91. The molecule has 0 aliphatic carbocycles. The van der Waals surface area contributed by atoms with Gasteiger partial charge in [0.1, 0.15) is 0 Å². The van der Waals surface area contributed by atoms with Crippen LogP contribution in [-0.2, 0) is 13.0 Å². The number of carbonyl (C=O) groups is 1. The minimum Gasteiger partial charge on any atom is -0.340 e. The number of benzene rings is 1. The molecular weight excluding hydrogens is 324 g/mol. The van der Waals surface area contributed by atoms with Gasteiger partial charge in [-0.2, -0.15) is 9.97 Å². The Morgan fingerprint density at radius 1 is 1.12 bits per heavy atom. The Hall–Kier alpha value is -3.23. The molecule has 2 amide bonds. The third-order valence-electron chi connectivity index (χ3n) is 3.46. The zero-order valence-electron chi connectivity index (χ0n) is 14.2. The second-order valence-corrected chi connectivity index (χ2v) is 5.46. The van der Waals surface area contributed by atoms with E-state index in [2.05, 4.69) is 25.6 Å². The molecule has 0 aliphatic heterocycles. The van der Waals surface area contributed by atoms with Crippen LogP contribution >= 0.6 is 0 Å². The van der Waals surface area contributed by atoms with Crippen LogP contribution in [0.5, 0.6) is 0 Å². The molecule has 0 spiro atoms. The molecule has 0 fully saturated rings. The maximum atomic E-state index is 12.2. The number of hydrogen-bond acceptors (Lipinski definition) is 7. The van der Waals surface area contributed by atoms with Crippen molar-refractivity contribution in [1.29, 1.82) is 0 Å². The summed E-state index contributed by atoms with van der Waals surface area (Å²) in [6, 6.07) is 6.89. The van der Waals surface area contributed by atoms with Crippen molar-refractivity contribution in [3.63, 3.8) is 0 Å². The van der Waals surface area contributed by atoms with Gasteiger partial charge in [-0.05, 0) is 24.3 Å². The second kappa shape index (κ2) is 7.12. The number of hydrogen-bond donors (Lipinski definition) is 1. The molecule has 9 nitrogen and oxygen atoms in total. The first kappa shape index (κ1) is 16.6. The average Bonchev–Trinajstić information content (AvgIpc) is 3.24. The molecule has 130 valence electrons. The first-order chi connectivity index (χ1) is 12.0. The van der Waals surface area contributed by atoms with Gasteiger partial charge in [-0.25, -0.2) is 4.79 Å². The Bertz CT molecular complexity index is 855. The molecule has 2 heterocycles. The average molecular weight is 342 g/mol. The topological polar surface area (TPSA) is 110 Å². The van der Waals surface area contributed by atoms with Crippen LogP contribution in [0.25, 0.3) is 11.5 Å². The molecule has 0 unspecified atom stereocenters. The van der Waals surface area contributed by atoms with Gasteiger partial charge >= 0.3 is 6.03 Å². The van der Waals surface area contributed by atoms with Gasteiger partial charge in [0.2, 0.25) is 5.89 Å². The van der Waals surface area contributed by atoms with Crippen LogP contribution in [0.2, 0.25) is 0 Å². The predicted molar refractivity (Wildman–Crippen MR) is 88.6 cm³/mol. The quantitative estimate of drug-likeness (QED) is 0.759. The lowest BCUT2D eigenvalue weighted by Crippen LogP contribution is -2.31. The van der Waals surface area contributed by atoms with Crippen LogP contribution in [0, 0.1) is 6.92 Å².